The van der Waals surface area contributed by atoms with E-state index in [1.165, 1.54) is 12.1 Å². The van der Waals surface area contributed by atoms with Gasteiger partial charge >= 0.3 is 0 Å². The second-order valence-corrected chi connectivity index (χ2v) is 9.68. The van der Waals surface area contributed by atoms with Gasteiger partial charge in [0.1, 0.15) is 12.3 Å². The summed E-state index contributed by atoms with van der Waals surface area (Å²) in [6.45, 7) is 3.50. The summed E-state index contributed by atoms with van der Waals surface area (Å²) in [5.74, 6) is 0.234. The fourth-order valence-electron chi connectivity index (χ4n) is 3.16. The van der Waals surface area contributed by atoms with Crippen molar-refractivity contribution in [3.05, 3.63) is 88.4 Å². The molecular formula is C24H25ClN2O4S. The number of methoxy groups -OCH3 is 1. The average molecular weight is 473 g/mol. The minimum absolute atomic E-state index is 0.100. The third kappa shape index (κ3) is 5.60. The highest BCUT2D eigenvalue weighted by molar-refractivity contribution is 7.92. The van der Waals surface area contributed by atoms with E-state index in [0.717, 1.165) is 15.4 Å². The lowest BCUT2D eigenvalue weighted by Crippen LogP contribution is -2.41. The second-order valence-electron chi connectivity index (χ2n) is 7.38. The Morgan fingerprint density at radius 1 is 1.03 bits per heavy atom. The van der Waals surface area contributed by atoms with Crippen LogP contribution in [0, 0.1) is 13.8 Å². The Morgan fingerprint density at radius 2 is 1.75 bits per heavy atom. The molecule has 0 saturated heterocycles. The molecular weight excluding hydrogens is 448 g/mol. The van der Waals surface area contributed by atoms with Gasteiger partial charge in [-0.25, -0.2) is 8.42 Å². The van der Waals surface area contributed by atoms with Crippen molar-refractivity contribution >= 4 is 33.2 Å². The van der Waals surface area contributed by atoms with Crippen LogP contribution in [0.1, 0.15) is 16.7 Å². The highest BCUT2D eigenvalue weighted by atomic mass is 35.5. The number of carbonyl (C=O) groups is 1. The number of benzene rings is 3. The molecule has 8 heteroatoms. The molecule has 0 spiro atoms. The molecule has 0 aliphatic rings. The van der Waals surface area contributed by atoms with Crippen molar-refractivity contribution in [2.75, 3.05) is 18.0 Å². The maximum atomic E-state index is 13.5. The number of hydrogen-bond acceptors (Lipinski definition) is 4. The van der Waals surface area contributed by atoms with Crippen molar-refractivity contribution in [2.45, 2.75) is 25.3 Å². The van der Waals surface area contributed by atoms with Gasteiger partial charge < -0.3 is 10.1 Å². The van der Waals surface area contributed by atoms with Crippen LogP contribution >= 0.6 is 11.6 Å². The molecule has 0 radical (unpaired) electrons. The predicted molar refractivity (Wildman–Crippen MR) is 127 cm³/mol. The number of aryl methyl sites for hydroxylation is 2. The van der Waals surface area contributed by atoms with E-state index in [0.29, 0.717) is 22.0 Å². The van der Waals surface area contributed by atoms with Gasteiger partial charge in [-0.15, -0.1) is 0 Å². The Hall–Kier alpha value is -3.03. The smallest absolute Gasteiger partial charge is 0.264 e. The molecule has 32 heavy (non-hydrogen) atoms. The third-order valence-electron chi connectivity index (χ3n) is 4.96. The van der Waals surface area contributed by atoms with Gasteiger partial charge in [-0.2, -0.15) is 0 Å². The standard InChI is InChI=1S/C24H25ClN2O4S/c1-17-7-11-22(12-8-17)32(29,30)27(23-14-20(25)10-9-18(23)2)16-24(28)26-15-19-5-4-6-21(13-19)31-3/h4-14H,15-16H2,1-3H3,(H,26,28). The largest absolute Gasteiger partial charge is 0.497 e. The van der Waals surface area contributed by atoms with E-state index in [1.54, 1.807) is 44.4 Å². The number of amides is 1. The number of nitrogens with one attached hydrogen (secondary N) is 1. The number of carbonyl (C=O) groups excluding carboxylic acids is 1. The average Bonchev–Trinajstić information content (AvgIpc) is 2.78. The Kier molecular flexibility index (Phi) is 7.43. The van der Waals surface area contributed by atoms with Gasteiger partial charge in [-0.05, 0) is 61.4 Å². The first kappa shape index (κ1) is 23.6. The van der Waals surface area contributed by atoms with E-state index in [-0.39, 0.29) is 18.0 Å². The summed E-state index contributed by atoms with van der Waals surface area (Å²) in [4.78, 5) is 12.9. The highest BCUT2D eigenvalue weighted by Crippen LogP contribution is 2.29. The van der Waals surface area contributed by atoms with Crippen molar-refractivity contribution in [3.63, 3.8) is 0 Å². The van der Waals surface area contributed by atoms with Crippen molar-refractivity contribution in [2.24, 2.45) is 0 Å². The lowest BCUT2D eigenvalue weighted by molar-refractivity contribution is -0.119. The van der Waals surface area contributed by atoms with E-state index in [4.69, 9.17) is 16.3 Å². The van der Waals surface area contributed by atoms with Gasteiger partial charge in [-0.1, -0.05) is 47.5 Å². The summed E-state index contributed by atoms with van der Waals surface area (Å²) >= 11 is 6.15. The summed E-state index contributed by atoms with van der Waals surface area (Å²) in [6, 6.07) is 18.8. The molecule has 3 aromatic carbocycles. The highest BCUT2D eigenvalue weighted by Gasteiger charge is 2.28. The van der Waals surface area contributed by atoms with Gasteiger partial charge in [0.2, 0.25) is 5.91 Å². The van der Waals surface area contributed by atoms with Crippen LogP contribution in [-0.4, -0.2) is 28.0 Å². The first-order valence-electron chi connectivity index (χ1n) is 9.96. The zero-order valence-corrected chi connectivity index (χ0v) is 19.7. The number of halogens is 1. The lowest BCUT2D eigenvalue weighted by atomic mass is 10.2. The normalized spacial score (nSPS) is 11.1. The predicted octanol–water partition coefficient (Wildman–Crippen LogP) is 4.48. The Labute approximate surface area is 193 Å². The third-order valence-corrected chi connectivity index (χ3v) is 6.97. The number of nitrogens with zero attached hydrogens (tertiary/aromatic N) is 1. The van der Waals surface area contributed by atoms with Crippen molar-refractivity contribution < 1.29 is 17.9 Å². The minimum atomic E-state index is -4.00. The van der Waals surface area contributed by atoms with Gasteiger partial charge in [0.15, 0.2) is 0 Å². The maximum absolute atomic E-state index is 13.5. The Bertz CT molecular complexity index is 1210. The molecule has 0 atom stereocenters. The molecule has 0 saturated carbocycles. The first-order valence-corrected chi connectivity index (χ1v) is 11.8. The number of ether oxygens (including phenoxy) is 1. The number of hydrogen-bond donors (Lipinski definition) is 1. The van der Waals surface area contributed by atoms with Gasteiger partial charge in [0.25, 0.3) is 10.0 Å². The summed E-state index contributed by atoms with van der Waals surface area (Å²) in [6.07, 6.45) is 0. The van der Waals surface area contributed by atoms with E-state index >= 15 is 0 Å². The minimum Gasteiger partial charge on any atom is -0.497 e. The molecule has 3 aromatic rings. The van der Waals surface area contributed by atoms with Crippen LogP contribution in [0.15, 0.2) is 71.6 Å². The van der Waals surface area contributed by atoms with E-state index in [2.05, 4.69) is 5.32 Å². The maximum Gasteiger partial charge on any atom is 0.264 e. The van der Waals surface area contributed by atoms with Gasteiger partial charge in [0, 0.05) is 11.6 Å². The molecule has 0 aromatic heterocycles. The Morgan fingerprint density at radius 3 is 2.44 bits per heavy atom. The topological polar surface area (TPSA) is 75.7 Å². The quantitative estimate of drug-likeness (QED) is 0.524. The zero-order chi connectivity index (χ0) is 23.3. The van der Waals surface area contributed by atoms with Crippen molar-refractivity contribution in [3.8, 4) is 5.75 Å². The first-order chi connectivity index (χ1) is 15.2. The molecule has 0 aliphatic heterocycles. The lowest BCUT2D eigenvalue weighted by Gasteiger charge is -2.26. The van der Waals surface area contributed by atoms with Crippen LogP contribution in [-0.2, 0) is 21.4 Å². The van der Waals surface area contributed by atoms with Gasteiger partial charge in [-0.3, -0.25) is 9.10 Å². The fraction of sp³-hybridized carbons (Fsp3) is 0.208. The molecule has 0 heterocycles. The Balaban J connectivity index is 1.89. The van der Waals surface area contributed by atoms with Gasteiger partial charge in [0.05, 0.1) is 17.7 Å². The molecule has 0 fully saturated rings. The number of sulfonamides is 1. The second kappa shape index (κ2) is 10.1. The monoisotopic (exact) mass is 472 g/mol. The van der Waals surface area contributed by atoms with Crippen LogP contribution in [0.2, 0.25) is 5.02 Å². The van der Waals surface area contributed by atoms with E-state index in [9.17, 15) is 13.2 Å². The fourth-order valence-corrected chi connectivity index (χ4v) is 4.80. The molecule has 1 amide bonds. The molecule has 0 unspecified atom stereocenters. The van der Waals surface area contributed by atoms with Crippen LogP contribution in [0.5, 0.6) is 5.75 Å². The van der Waals surface area contributed by atoms with E-state index < -0.39 is 15.9 Å². The van der Waals surface area contributed by atoms with Crippen LogP contribution < -0.4 is 14.4 Å². The summed E-state index contributed by atoms with van der Waals surface area (Å²) < 4.78 is 33.3. The van der Waals surface area contributed by atoms with Crippen LogP contribution in [0.4, 0.5) is 5.69 Å². The number of rotatable bonds is 8. The van der Waals surface area contributed by atoms with Crippen molar-refractivity contribution in [1.82, 2.24) is 5.32 Å². The number of anilines is 1. The molecule has 168 valence electrons. The SMILES string of the molecule is COc1cccc(CNC(=O)CN(c2cc(Cl)ccc2C)S(=O)(=O)c2ccc(C)cc2)c1. The van der Waals surface area contributed by atoms with E-state index in [1.807, 2.05) is 31.2 Å². The zero-order valence-electron chi connectivity index (χ0n) is 18.1. The molecule has 3 rings (SSSR count). The summed E-state index contributed by atoms with van der Waals surface area (Å²) in [5, 5.41) is 3.16. The molecule has 0 aliphatic carbocycles. The molecule has 6 nitrogen and oxygen atoms in total. The molecule has 0 bridgehead atoms. The van der Waals surface area contributed by atoms with Crippen molar-refractivity contribution in [1.29, 1.82) is 0 Å². The summed E-state index contributed by atoms with van der Waals surface area (Å²) in [7, 11) is -2.44. The summed E-state index contributed by atoms with van der Waals surface area (Å²) in [5.41, 5.74) is 2.82. The molecule has 1 N–H and O–H groups in total. The van der Waals surface area contributed by atoms with Crippen LogP contribution in [0.3, 0.4) is 0 Å². The van der Waals surface area contributed by atoms with Crippen LogP contribution in [0.25, 0.3) is 0 Å².